The Labute approximate surface area is 176 Å². The summed E-state index contributed by atoms with van der Waals surface area (Å²) >= 11 is 7.54. The Hall–Kier alpha value is -1.35. The first kappa shape index (κ1) is 21.4. The van der Waals surface area contributed by atoms with E-state index in [0.29, 0.717) is 13.2 Å². The van der Waals surface area contributed by atoms with Gasteiger partial charge in [-0.2, -0.15) is 0 Å². The normalized spacial score (nSPS) is 21.4. The van der Waals surface area contributed by atoms with Gasteiger partial charge in [0.15, 0.2) is 17.3 Å². The molecule has 2 saturated heterocycles. The zero-order valence-corrected chi connectivity index (χ0v) is 18.2. The first-order valence-corrected chi connectivity index (χ1v) is 11.2. The fourth-order valence-corrected chi connectivity index (χ4v) is 4.98. The number of thioether (sulfide) groups is 1. The van der Waals surface area contributed by atoms with Crippen molar-refractivity contribution in [1.29, 1.82) is 0 Å². The van der Waals surface area contributed by atoms with E-state index in [2.05, 4.69) is 15.1 Å². The molecule has 2 fully saturated rings. The number of hydrogen-bond donors (Lipinski definition) is 1. The molecular formula is C20H29N3O3S2. The lowest BCUT2D eigenvalue weighted by atomic mass is 10.0. The Morgan fingerprint density at radius 1 is 1.29 bits per heavy atom. The van der Waals surface area contributed by atoms with Crippen LogP contribution in [0.4, 0.5) is 0 Å². The smallest absolute Gasteiger partial charge is 0.161 e. The molecule has 2 aliphatic heterocycles. The number of ketones is 1. The number of rotatable bonds is 8. The van der Waals surface area contributed by atoms with E-state index in [1.165, 1.54) is 0 Å². The van der Waals surface area contributed by atoms with Crippen molar-refractivity contribution in [1.82, 2.24) is 15.1 Å². The predicted molar refractivity (Wildman–Crippen MR) is 118 cm³/mol. The lowest BCUT2D eigenvalue weighted by molar-refractivity contribution is -0.122. The van der Waals surface area contributed by atoms with Crippen molar-refractivity contribution in [2.24, 2.45) is 5.92 Å². The largest absolute Gasteiger partial charge is 0.493 e. The summed E-state index contributed by atoms with van der Waals surface area (Å²) in [4.78, 5) is 17.9. The second-order valence-corrected chi connectivity index (χ2v) is 8.74. The second-order valence-electron chi connectivity index (χ2n) is 7.03. The van der Waals surface area contributed by atoms with Crippen molar-refractivity contribution in [3.05, 3.63) is 24.3 Å². The molecule has 6 nitrogen and oxygen atoms in total. The number of nitrogens with one attached hydrogen (secondary N) is 1. The van der Waals surface area contributed by atoms with Gasteiger partial charge in [-0.3, -0.25) is 9.69 Å². The Bertz CT molecular complexity index is 682. The van der Waals surface area contributed by atoms with E-state index in [9.17, 15) is 4.79 Å². The van der Waals surface area contributed by atoms with E-state index in [1.807, 2.05) is 43.0 Å². The van der Waals surface area contributed by atoms with Gasteiger partial charge in [0.2, 0.25) is 0 Å². The lowest BCUT2D eigenvalue weighted by Crippen LogP contribution is -2.48. The summed E-state index contributed by atoms with van der Waals surface area (Å²) in [7, 11) is 1.64. The lowest BCUT2D eigenvalue weighted by Gasteiger charge is -2.31. The highest BCUT2D eigenvalue weighted by Gasteiger charge is 2.33. The van der Waals surface area contributed by atoms with E-state index in [4.69, 9.17) is 21.7 Å². The highest BCUT2D eigenvalue weighted by molar-refractivity contribution is 8.00. The van der Waals surface area contributed by atoms with Gasteiger partial charge in [0.25, 0.3) is 0 Å². The third-order valence-corrected chi connectivity index (χ3v) is 6.95. The molecule has 2 atom stereocenters. The minimum Gasteiger partial charge on any atom is -0.493 e. The molecule has 1 aromatic rings. The number of Topliss-reactive ketones (excluding diaryl/α,β-unsaturated/α-hetero) is 1. The molecule has 0 amide bonds. The van der Waals surface area contributed by atoms with Gasteiger partial charge in [0.05, 0.1) is 24.6 Å². The summed E-state index contributed by atoms with van der Waals surface area (Å²) in [5, 5.41) is 3.43. The fourth-order valence-electron chi connectivity index (χ4n) is 3.42. The Balaban J connectivity index is 1.55. The van der Waals surface area contributed by atoms with Crippen LogP contribution in [0.15, 0.2) is 24.3 Å². The number of carbonyl (C=O) groups is 1. The number of methoxy groups -OCH3 is 1. The zero-order valence-electron chi connectivity index (χ0n) is 16.6. The monoisotopic (exact) mass is 423 g/mol. The maximum Gasteiger partial charge on any atom is 0.161 e. The van der Waals surface area contributed by atoms with E-state index in [1.54, 1.807) is 7.11 Å². The third-order valence-electron chi connectivity index (χ3n) is 5.17. The number of para-hydroxylation sites is 2. The van der Waals surface area contributed by atoms with Crippen LogP contribution in [-0.2, 0) is 4.79 Å². The predicted octanol–water partition coefficient (Wildman–Crippen LogP) is 1.89. The Morgan fingerprint density at radius 2 is 2.00 bits per heavy atom. The number of ether oxygens (including phenoxy) is 2. The number of hydrogen-bond acceptors (Lipinski definition) is 7. The van der Waals surface area contributed by atoms with Gasteiger partial charge in [-0.05, 0) is 19.1 Å². The number of piperazine rings is 1. The van der Waals surface area contributed by atoms with Crippen LogP contribution in [0, 0.1) is 5.92 Å². The molecule has 0 aromatic heterocycles. The molecule has 28 heavy (non-hydrogen) atoms. The molecule has 3 rings (SSSR count). The van der Waals surface area contributed by atoms with E-state index in [-0.39, 0.29) is 17.1 Å². The summed E-state index contributed by atoms with van der Waals surface area (Å²) in [6, 6.07) is 7.64. The van der Waals surface area contributed by atoms with Crippen LogP contribution >= 0.6 is 24.0 Å². The highest BCUT2D eigenvalue weighted by Crippen LogP contribution is 2.30. The molecule has 8 heteroatoms. The van der Waals surface area contributed by atoms with Gasteiger partial charge in [-0.1, -0.05) is 24.4 Å². The summed E-state index contributed by atoms with van der Waals surface area (Å²) < 4.78 is 11.4. The summed E-state index contributed by atoms with van der Waals surface area (Å²) in [6.07, 6.45) is 0. The summed E-state index contributed by atoms with van der Waals surface area (Å²) in [6.45, 7) is 7.49. The Kier molecular flexibility index (Phi) is 7.96. The average Bonchev–Trinajstić information content (AvgIpc) is 3.20. The van der Waals surface area contributed by atoms with Crippen LogP contribution in [0.3, 0.4) is 0 Å². The Morgan fingerprint density at radius 3 is 2.71 bits per heavy atom. The maximum absolute atomic E-state index is 12.7. The highest BCUT2D eigenvalue weighted by atomic mass is 32.2. The van der Waals surface area contributed by atoms with E-state index in [0.717, 1.165) is 55.0 Å². The third kappa shape index (κ3) is 5.37. The van der Waals surface area contributed by atoms with Crippen LogP contribution in [0.1, 0.15) is 6.92 Å². The first-order chi connectivity index (χ1) is 13.6. The number of nitrogens with zero attached hydrogens (tertiary/aromatic N) is 2. The minimum atomic E-state index is -0.252. The van der Waals surface area contributed by atoms with Crippen molar-refractivity contribution in [3.8, 4) is 11.5 Å². The molecule has 0 saturated carbocycles. The molecule has 0 spiro atoms. The van der Waals surface area contributed by atoms with Gasteiger partial charge >= 0.3 is 0 Å². The van der Waals surface area contributed by atoms with E-state index >= 15 is 0 Å². The molecule has 1 N–H and O–H groups in total. The zero-order chi connectivity index (χ0) is 19.9. The molecule has 0 bridgehead atoms. The summed E-state index contributed by atoms with van der Waals surface area (Å²) in [5.41, 5.74) is 0. The van der Waals surface area contributed by atoms with Crippen LogP contribution < -0.4 is 14.8 Å². The quantitative estimate of drug-likeness (QED) is 0.636. The molecule has 2 heterocycles. The van der Waals surface area contributed by atoms with Gasteiger partial charge in [-0.15, -0.1) is 11.8 Å². The summed E-state index contributed by atoms with van der Waals surface area (Å²) in [5.74, 6) is 2.38. The van der Waals surface area contributed by atoms with Crippen molar-refractivity contribution >= 4 is 34.8 Å². The second kappa shape index (κ2) is 10.4. The standard InChI is InChI=1S/C20H29N3O3S2/c1-15(16(24)13-22-9-7-21-8-10-22)20(27)23-11-12-28-19(23)14-26-18-6-4-3-5-17(18)25-2/h3-6,15,19,21H,7-14H2,1-2H3. The molecule has 2 unspecified atom stereocenters. The van der Waals surface area contributed by atoms with Crippen LogP contribution in [0.2, 0.25) is 0 Å². The number of carbonyl (C=O) groups excluding carboxylic acids is 1. The van der Waals surface area contributed by atoms with Crippen LogP contribution in [0.5, 0.6) is 11.5 Å². The topological polar surface area (TPSA) is 54.0 Å². The maximum atomic E-state index is 12.7. The van der Waals surface area contributed by atoms with Crippen LogP contribution in [0.25, 0.3) is 0 Å². The molecule has 0 radical (unpaired) electrons. The van der Waals surface area contributed by atoms with Crippen LogP contribution in [-0.4, -0.2) is 84.7 Å². The fraction of sp³-hybridized carbons (Fsp3) is 0.600. The average molecular weight is 424 g/mol. The first-order valence-electron chi connectivity index (χ1n) is 9.74. The van der Waals surface area contributed by atoms with Gasteiger partial charge < -0.3 is 19.7 Å². The molecule has 154 valence electrons. The van der Waals surface area contributed by atoms with Crippen molar-refractivity contribution in [2.75, 3.05) is 58.7 Å². The minimum absolute atomic E-state index is 0.117. The SMILES string of the molecule is COc1ccccc1OCC1SCCN1C(=S)C(C)C(=O)CN1CCNCC1. The molecule has 1 aromatic carbocycles. The van der Waals surface area contributed by atoms with Crippen molar-refractivity contribution in [2.45, 2.75) is 12.3 Å². The molecule has 0 aliphatic carbocycles. The van der Waals surface area contributed by atoms with Gasteiger partial charge in [0, 0.05) is 38.5 Å². The number of thiocarbonyl (C=S) groups is 1. The molecule has 2 aliphatic rings. The van der Waals surface area contributed by atoms with Crippen molar-refractivity contribution < 1.29 is 14.3 Å². The van der Waals surface area contributed by atoms with Gasteiger partial charge in [0.1, 0.15) is 12.0 Å². The van der Waals surface area contributed by atoms with Gasteiger partial charge in [-0.25, -0.2) is 0 Å². The van der Waals surface area contributed by atoms with Crippen molar-refractivity contribution in [3.63, 3.8) is 0 Å². The molecular weight excluding hydrogens is 394 g/mol. The number of benzene rings is 1. The van der Waals surface area contributed by atoms with E-state index < -0.39 is 0 Å².